The summed E-state index contributed by atoms with van der Waals surface area (Å²) < 4.78 is 69.7. The number of alkyl halides is 3. The van der Waals surface area contributed by atoms with Crippen LogP contribution in [-0.2, 0) is 46.5 Å². The number of carbonyl (C=O) groups excluding carboxylic acids is 1. The summed E-state index contributed by atoms with van der Waals surface area (Å²) >= 11 is 1.99. The number of piperidine rings is 1. The van der Waals surface area contributed by atoms with Gasteiger partial charge in [-0.05, 0) is 96.2 Å². The Morgan fingerprint density at radius 2 is 1.42 bits per heavy atom. The smallest absolute Gasteiger partial charge is 0.416 e. The van der Waals surface area contributed by atoms with E-state index >= 15 is 0 Å². The highest BCUT2D eigenvalue weighted by Crippen LogP contribution is 2.32. The Morgan fingerprint density at radius 3 is 2.02 bits per heavy atom. The van der Waals surface area contributed by atoms with Gasteiger partial charge in [0.1, 0.15) is 18.0 Å². The van der Waals surface area contributed by atoms with Gasteiger partial charge < -0.3 is 34.8 Å². The summed E-state index contributed by atoms with van der Waals surface area (Å²) in [5.74, 6) is -3.12. The van der Waals surface area contributed by atoms with Crippen LogP contribution in [0.4, 0.5) is 22.0 Å². The number of nitrogens with zero attached hydrogens (tertiary/aromatic N) is 5. The molecule has 13 nitrogen and oxygen atoms in total. The second kappa shape index (κ2) is 21.3. The van der Waals surface area contributed by atoms with Crippen molar-refractivity contribution in [3.05, 3.63) is 130 Å². The van der Waals surface area contributed by atoms with Crippen LogP contribution < -0.4 is 5.56 Å². The van der Waals surface area contributed by atoms with Gasteiger partial charge in [0.25, 0.3) is 5.56 Å². The molecule has 2 saturated heterocycles. The van der Waals surface area contributed by atoms with Gasteiger partial charge in [0, 0.05) is 44.3 Å². The molecule has 64 heavy (non-hydrogen) atoms. The van der Waals surface area contributed by atoms with Crippen molar-refractivity contribution >= 4 is 40.6 Å². The molecule has 0 spiro atoms. The van der Waals surface area contributed by atoms with Crippen LogP contribution in [-0.4, -0.2) is 111 Å². The Bertz CT molecular complexity index is 2460. The van der Waals surface area contributed by atoms with E-state index in [0.29, 0.717) is 18.2 Å². The number of aromatic nitrogens is 3. The van der Waals surface area contributed by atoms with Crippen LogP contribution in [0.15, 0.2) is 89.9 Å². The van der Waals surface area contributed by atoms with Crippen molar-refractivity contribution in [3.63, 3.8) is 0 Å². The molecule has 0 radical (unpaired) electrons. The van der Waals surface area contributed by atoms with Crippen LogP contribution in [0, 0.1) is 11.6 Å². The largest absolute Gasteiger partial charge is 0.479 e. The summed E-state index contributed by atoms with van der Waals surface area (Å²) in [4.78, 5) is 60.4. The average molecular weight is 912 g/mol. The number of halogens is 5. The monoisotopic (exact) mass is 911 g/mol. The fourth-order valence-corrected chi connectivity index (χ4v) is 8.95. The molecular formula is C45H46F5N5O8S. The lowest BCUT2D eigenvalue weighted by Gasteiger charge is -2.42. The van der Waals surface area contributed by atoms with E-state index in [1.165, 1.54) is 30.5 Å². The standard InChI is InChI=1S/C41H40F5N5O2S.C4H6O6/c42-35-5-1-3-30(38(35)43)12-15-36-48-40(53)34-4-2-20-47-39(34)51(36)26-37(52)50(33-16-21-49(22-17-33)32-18-23-54-24-19-32)25-27-6-8-28(9-7-27)29-10-13-31(14-11-29)41(44,45)46;5-1(3(7)8)2(6)4(9)10/h1-11,13-14,20,32-33H,12,15-19,21-26H2;1-2,5-6H,(H,7,8)(H,9,10). The summed E-state index contributed by atoms with van der Waals surface area (Å²) in [5.41, 5.74) is 1.44. The van der Waals surface area contributed by atoms with E-state index in [2.05, 4.69) is 14.9 Å². The fraction of sp³-hybridized carbons (Fsp3) is 0.378. The number of aliphatic hydroxyl groups is 2. The summed E-state index contributed by atoms with van der Waals surface area (Å²) in [6, 6.07) is 20.1. The Labute approximate surface area is 368 Å². The Morgan fingerprint density at radius 1 is 0.812 bits per heavy atom. The van der Waals surface area contributed by atoms with E-state index in [1.54, 1.807) is 16.7 Å². The molecule has 19 heteroatoms. The molecule has 2 aliphatic rings. The zero-order valence-electron chi connectivity index (χ0n) is 34.3. The molecule has 5 aromatic rings. The number of rotatable bonds is 13. The summed E-state index contributed by atoms with van der Waals surface area (Å²) in [7, 11) is 0. The predicted octanol–water partition coefficient (Wildman–Crippen LogP) is 5.81. The van der Waals surface area contributed by atoms with E-state index < -0.39 is 53.1 Å². The molecule has 4 N–H and O–H groups in total. The highest BCUT2D eigenvalue weighted by Gasteiger charge is 2.33. The minimum absolute atomic E-state index is 0.0513. The first kappa shape index (κ1) is 47.7. The molecule has 0 aliphatic carbocycles. The molecular weight excluding hydrogens is 866 g/mol. The molecule has 7 rings (SSSR count). The number of amides is 1. The normalized spacial score (nSPS) is 16.1. The van der Waals surface area contributed by atoms with Crippen molar-refractivity contribution in [1.29, 1.82) is 0 Å². The minimum atomic E-state index is -4.42. The molecule has 2 unspecified atom stereocenters. The average Bonchev–Trinajstić information content (AvgIpc) is 3.29. The number of aliphatic carboxylic acids is 2. The number of hydrogen-bond donors (Lipinski definition) is 4. The number of fused-ring (bicyclic) bond motifs is 1. The van der Waals surface area contributed by atoms with Crippen molar-refractivity contribution in [1.82, 2.24) is 24.3 Å². The number of hydrogen-bond acceptors (Lipinski definition) is 10. The van der Waals surface area contributed by atoms with Gasteiger partial charge in [0.15, 0.2) is 23.8 Å². The third-order valence-corrected chi connectivity index (χ3v) is 12.4. The van der Waals surface area contributed by atoms with Crippen LogP contribution >= 0.6 is 11.8 Å². The van der Waals surface area contributed by atoms with Crippen molar-refractivity contribution in [2.45, 2.75) is 82.1 Å². The number of benzene rings is 3. The summed E-state index contributed by atoms with van der Waals surface area (Å²) in [5, 5.41) is 32.8. The second-order valence-corrected chi connectivity index (χ2v) is 16.7. The highest BCUT2D eigenvalue weighted by molar-refractivity contribution is 7.99. The Balaban J connectivity index is 0.000000608. The van der Waals surface area contributed by atoms with Gasteiger partial charge in [-0.3, -0.25) is 9.59 Å². The molecule has 4 heterocycles. The third kappa shape index (κ3) is 11.9. The van der Waals surface area contributed by atoms with Crippen molar-refractivity contribution in [3.8, 4) is 11.1 Å². The van der Waals surface area contributed by atoms with Gasteiger partial charge in [-0.25, -0.2) is 23.4 Å². The maximum absolute atomic E-state index is 14.6. The third-order valence-electron chi connectivity index (χ3n) is 11.4. The SMILES string of the molecule is O=C(Cn1c(CCc2cccc(F)c2F)nc(=O)c2cccnc21)N(Cc1ccc(-c2ccc(C(F)(F)F)cc2)cc1)C1CCN(C2CCSCC2)CC1.O=C(O)C(O)C(O)C(=O)O. The number of thioether (sulfide) groups is 1. The van der Waals surface area contributed by atoms with Crippen LogP contribution in [0.5, 0.6) is 0 Å². The number of carbonyl (C=O) groups is 3. The summed E-state index contributed by atoms with van der Waals surface area (Å²) in [6.07, 6.45) is -3.41. The maximum Gasteiger partial charge on any atom is 0.416 e. The molecule has 2 atom stereocenters. The van der Waals surface area contributed by atoms with Gasteiger partial charge in [-0.1, -0.05) is 48.5 Å². The number of likely N-dealkylation sites (tertiary alicyclic amines) is 1. The zero-order chi connectivity index (χ0) is 46.1. The highest BCUT2D eigenvalue weighted by atomic mass is 32.2. The minimum Gasteiger partial charge on any atom is -0.479 e. The quantitative estimate of drug-likeness (QED) is 0.104. The first-order chi connectivity index (χ1) is 30.5. The molecule has 0 bridgehead atoms. The Kier molecular flexibility index (Phi) is 15.9. The molecule has 1 amide bonds. The topological polar surface area (TPSA) is 186 Å². The van der Waals surface area contributed by atoms with E-state index in [9.17, 15) is 41.1 Å². The summed E-state index contributed by atoms with van der Waals surface area (Å²) in [6.45, 7) is 1.85. The lowest BCUT2D eigenvalue weighted by molar-refractivity contribution is -0.165. The maximum atomic E-state index is 14.6. The molecule has 2 aromatic heterocycles. The van der Waals surface area contributed by atoms with Gasteiger partial charge in [0.05, 0.1) is 10.9 Å². The Hall–Kier alpha value is -5.76. The molecule has 340 valence electrons. The molecule has 2 aliphatic heterocycles. The van der Waals surface area contributed by atoms with Gasteiger partial charge in [0.2, 0.25) is 5.91 Å². The number of pyridine rings is 1. The van der Waals surface area contributed by atoms with Gasteiger partial charge in [-0.2, -0.15) is 29.9 Å². The van der Waals surface area contributed by atoms with Crippen LogP contribution in [0.25, 0.3) is 22.2 Å². The van der Waals surface area contributed by atoms with Crippen molar-refractivity contribution in [2.75, 3.05) is 24.6 Å². The zero-order valence-corrected chi connectivity index (χ0v) is 35.2. The molecule has 2 fully saturated rings. The number of aryl methyl sites for hydroxylation is 2. The number of carboxylic acids is 2. The van der Waals surface area contributed by atoms with E-state index in [0.717, 1.165) is 79.6 Å². The van der Waals surface area contributed by atoms with Crippen LogP contribution in [0.3, 0.4) is 0 Å². The molecule has 0 saturated carbocycles. The van der Waals surface area contributed by atoms with Crippen LogP contribution in [0.2, 0.25) is 0 Å². The van der Waals surface area contributed by atoms with Gasteiger partial charge in [-0.15, -0.1) is 0 Å². The first-order valence-electron chi connectivity index (χ1n) is 20.5. The van der Waals surface area contributed by atoms with Crippen molar-refractivity contribution < 1.29 is 56.8 Å². The predicted molar refractivity (Wildman–Crippen MR) is 227 cm³/mol. The molecule has 3 aromatic carbocycles. The van der Waals surface area contributed by atoms with Crippen LogP contribution in [0.1, 0.15) is 48.2 Å². The first-order valence-corrected chi connectivity index (χ1v) is 21.6. The van der Waals surface area contributed by atoms with E-state index in [4.69, 9.17) is 20.4 Å². The number of carboxylic acid groups (broad SMARTS) is 2. The number of aliphatic hydroxyl groups excluding tert-OH is 2. The lowest BCUT2D eigenvalue weighted by atomic mass is 9.98. The van der Waals surface area contributed by atoms with Crippen molar-refractivity contribution in [2.24, 2.45) is 0 Å². The van der Waals surface area contributed by atoms with Gasteiger partial charge >= 0.3 is 18.1 Å². The fourth-order valence-electron chi connectivity index (χ4n) is 7.87. The van der Waals surface area contributed by atoms with E-state index in [-0.39, 0.29) is 53.8 Å². The lowest BCUT2D eigenvalue weighted by Crippen LogP contribution is -2.50. The second-order valence-electron chi connectivity index (χ2n) is 15.5. The van der Waals surface area contributed by atoms with E-state index in [1.807, 2.05) is 40.9 Å².